The molecule has 0 unspecified atom stereocenters. The number of aryl methyl sites for hydroxylation is 2. The lowest BCUT2D eigenvalue weighted by atomic mass is 10.1. The predicted octanol–water partition coefficient (Wildman–Crippen LogP) is 1.33. The summed E-state index contributed by atoms with van der Waals surface area (Å²) in [6.45, 7) is 0. The lowest BCUT2D eigenvalue weighted by Crippen LogP contribution is -2.02. The van der Waals surface area contributed by atoms with Gasteiger partial charge in [0.25, 0.3) is 0 Å². The standard InChI is InChI=1S/C10H14N2O/c1-12-7-6-9(11-12)4-5-10(13)8-2-3-8/h6-8H,2-5H2,1H3. The van der Waals surface area contributed by atoms with E-state index in [1.54, 1.807) is 4.68 Å². The van der Waals surface area contributed by atoms with Crippen LogP contribution in [0.4, 0.5) is 0 Å². The predicted molar refractivity (Wildman–Crippen MR) is 49.3 cm³/mol. The van der Waals surface area contributed by atoms with E-state index in [-0.39, 0.29) is 0 Å². The fourth-order valence-electron chi connectivity index (χ4n) is 1.46. The van der Waals surface area contributed by atoms with E-state index < -0.39 is 0 Å². The van der Waals surface area contributed by atoms with Crippen molar-refractivity contribution in [1.29, 1.82) is 0 Å². The van der Waals surface area contributed by atoms with Gasteiger partial charge in [0.05, 0.1) is 5.69 Å². The highest BCUT2D eigenvalue weighted by Crippen LogP contribution is 2.31. The number of rotatable bonds is 4. The van der Waals surface area contributed by atoms with Crippen LogP contribution in [0.25, 0.3) is 0 Å². The average molecular weight is 178 g/mol. The highest BCUT2D eigenvalue weighted by atomic mass is 16.1. The topological polar surface area (TPSA) is 34.9 Å². The molecule has 0 saturated heterocycles. The number of ketones is 1. The van der Waals surface area contributed by atoms with Gasteiger partial charge >= 0.3 is 0 Å². The Bertz CT molecular complexity index is 312. The molecule has 0 atom stereocenters. The lowest BCUT2D eigenvalue weighted by Gasteiger charge is -1.95. The van der Waals surface area contributed by atoms with E-state index in [4.69, 9.17) is 0 Å². The third-order valence-electron chi connectivity index (χ3n) is 2.43. The monoisotopic (exact) mass is 178 g/mol. The Morgan fingerprint density at radius 1 is 1.69 bits per heavy atom. The van der Waals surface area contributed by atoms with Gasteiger partial charge in [-0.15, -0.1) is 0 Å². The second-order valence-electron chi connectivity index (χ2n) is 3.72. The molecule has 13 heavy (non-hydrogen) atoms. The zero-order valence-electron chi connectivity index (χ0n) is 7.86. The summed E-state index contributed by atoms with van der Waals surface area (Å²) in [5.74, 6) is 0.814. The Kier molecular flexibility index (Phi) is 2.17. The number of aromatic nitrogens is 2. The van der Waals surface area contributed by atoms with Crippen molar-refractivity contribution in [3.8, 4) is 0 Å². The molecule has 0 N–H and O–H groups in total. The van der Waals surface area contributed by atoms with E-state index in [1.807, 2.05) is 19.3 Å². The van der Waals surface area contributed by atoms with E-state index in [0.29, 0.717) is 18.1 Å². The summed E-state index contributed by atoms with van der Waals surface area (Å²) in [6.07, 6.45) is 5.61. The molecular formula is C10H14N2O. The Balaban J connectivity index is 1.81. The van der Waals surface area contributed by atoms with Crippen LogP contribution in [0.15, 0.2) is 12.3 Å². The molecule has 1 aromatic heterocycles. The van der Waals surface area contributed by atoms with Gasteiger partial charge in [-0.1, -0.05) is 0 Å². The quantitative estimate of drug-likeness (QED) is 0.697. The molecule has 3 nitrogen and oxygen atoms in total. The average Bonchev–Trinajstić information content (AvgIpc) is 2.87. The molecule has 2 rings (SSSR count). The van der Waals surface area contributed by atoms with Crippen LogP contribution in [0, 0.1) is 5.92 Å². The number of hydrogen-bond acceptors (Lipinski definition) is 2. The van der Waals surface area contributed by atoms with Gasteiger partial charge in [0.2, 0.25) is 0 Å². The minimum atomic E-state index is 0.392. The van der Waals surface area contributed by atoms with Gasteiger partial charge in [0.15, 0.2) is 0 Å². The Morgan fingerprint density at radius 2 is 2.46 bits per heavy atom. The van der Waals surface area contributed by atoms with Crippen molar-refractivity contribution < 1.29 is 4.79 Å². The number of Topliss-reactive ketones (excluding diaryl/α,β-unsaturated/α-hetero) is 1. The first-order valence-electron chi connectivity index (χ1n) is 4.77. The number of carbonyl (C=O) groups excluding carboxylic acids is 1. The Labute approximate surface area is 77.7 Å². The van der Waals surface area contributed by atoms with E-state index in [9.17, 15) is 4.79 Å². The summed E-state index contributed by atoms with van der Waals surface area (Å²) in [6, 6.07) is 1.97. The van der Waals surface area contributed by atoms with Gasteiger partial charge in [-0.2, -0.15) is 5.10 Å². The van der Waals surface area contributed by atoms with Crippen LogP contribution in [-0.2, 0) is 18.3 Å². The van der Waals surface area contributed by atoms with Crippen LogP contribution >= 0.6 is 0 Å². The van der Waals surface area contributed by atoms with Crippen LogP contribution in [0.5, 0.6) is 0 Å². The van der Waals surface area contributed by atoms with Gasteiger partial charge < -0.3 is 0 Å². The second-order valence-corrected chi connectivity index (χ2v) is 3.72. The zero-order chi connectivity index (χ0) is 9.26. The highest BCUT2D eigenvalue weighted by Gasteiger charge is 2.28. The lowest BCUT2D eigenvalue weighted by molar-refractivity contribution is -0.120. The molecule has 70 valence electrons. The van der Waals surface area contributed by atoms with Crippen molar-refractivity contribution in [2.45, 2.75) is 25.7 Å². The van der Waals surface area contributed by atoms with Gasteiger partial charge in [0, 0.05) is 25.6 Å². The SMILES string of the molecule is Cn1ccc(CCC(=O)C2CC2)n1. The second kappa shape index (κ2) is 3.32. The number of nitrogens with zero attached hydrogens (tertiary/aromatic N) is 2. The van der Waals surface area contributed by atoms with Crippen molar-refractivity contribution >= 4 is 5.78 Å². The van der Waals surface area contributed by atoms with Crippen molar-refractivity contribution in [2.75, 3.05) is 0 Å². The van der Waals surface area contributed by atoms with Crippen molar-refractivity contribution in [3.05, 3.63) is 18.0 Å². The summed E-state index contributed by atoms with van der Waals surface area (Å²) in [7, 11) is 1.90. The summed E-state index contributed by atoms with van der Waals surface area (Å²) < 4.78 is 1.77. The van der Waals surface area contributed by atoms with Crippen molar-refractivity contribution in [1.82, 2.24) is 9.78 Å². The molecule has 0 aromatic carbocycles. The molecule has 1 aliphatic rings. The summed E-state index contributed by atoms with van der Waals surface area (Å²) in [5.41, 5.74) is 1.02. The third kappa shape index (κ3) is 2.17. The number of hydrogen-bond donors (Lipinski definition) is 0. The maximum Gasteiger partial charge on any atom is 0.136 e. The fourth-order valence-corrected chi connectivity index (χ4v) is 1.46. The molecule has 0 bridgehead atoms. The van der Waals surface area contributed by atoms with Crippen LogP contribution < -0.4 is 0 Å². The third-order valence-corrected chi connectivity index (χ3v) is 2.43. The minimum absolute atomic E-state index is 0.392. The Morgan fingerprint density at radius 3 is 3.00 bits per heavy atom. The molecule has 0 spiro atoms. The van der Waals surface area contributed by atoms with Gasteiger partial charge in [-0.05, 0) is 25.3 Å². The first kappa shape index (κ1) is 8.48. The first-order chi connectivity index (χ1) is 6.25. The van der Waals surface area contributed by atoms with Gasteiger partial charge in [-0.3, -0.25) is 9.48 Å². The molecule has 1 fully saturated rings. The van der Waals surface area contributed by atoms with E-state index in [2.05, 4.69) is 5.10 Å². The van der Waals surface area contributed by atoms with Crippen LogP contribution in [0.2, 0.25) is 0 Å². The molecule has 3 heteroatoms. The number of carbonyl (C=O) groups is 1. The van der Waals surface area contributed by atoms with E-state index in [1.165, 1.54) is 0 Å². The summed E-state index contributed by atoms with van der Waals surface area (Å²) in [5, 5.41) is 4.23. The summed E-state index contributed by atoms with van der Waals surface area (Å²) >= 11 is 0. The largest absolute Gasteiger partial charge is 0.299 e. The molecule has 0 aliphatic heterocycles. The molecule has 1 saturated carbocycles. The van der Waals surface area contributed by atoms with Crippen molar-refractivity contribution in [3.63, 3.8) is 0 Å². The molecule has 1 heterocycles. The van der Waals surface area contributed by atoms with E-state index in [0.717, 1.165) is 25.0 Å². The van der Waals surface area contributed by atoms with Crippen LogP contribution in [0.3, 0.4) is 0 Å². The molecule has 0 radical (unpaired) electrons. The normalized spacial score (nSPS) is 16.1. The van der Waals surface area contributed by atoms with Crippen LogP contribution in [-0.4, -0.2) is 15.6 Å². The molecular weight excluding hydrogens is 164 g/mol. The first-order valence-corrected chi connectivity index (χ1v) is 4.77. The fraction of sp³-hybridized carbons (Fsp3) is 0.600. The Hall–Kier alpha value is -1.12. The highest BCUT2D eigenvalue weighted by molar-refractivity contribution is 5.83. The van der Waals surface area contributed by atoms with Crippen LogP contribution in [0.1, 0.15) is 25.0 Å². The van der Waals surface area contributed by atoms with Crippen molar-refractivity contribution in [2.24, 2.45) is 13.0 Å². The zero-order valence-corrected chi connectivity index (χ0v) is 7.86. The molecule has 1 aliphatic carbocycles. The maximum atomic E-state index is 11.4. The molecule has 0 amide bonds. The van der Waals surface area contributed by atoms with Gasteiger partial charge in [0.1, 0.15) is 5.78 Å². The maximum absolute atomic E-state index is 11.4. The smallest absolute Gasteiger partial charge is 0.136 e. The minimum Gasteiger partial charge on any atom is -0.299 e. The summed E-state index contributed by atoms with van der Waals surface area (Å²) in [4.78, 5) is 11.4. The van der Waals surface area contributed by atoms with E-state index >= 15 is 0 Å². The van der Waals surface area contributed by atoms with Gasteiger partial charge in [-0.25, -0.2) is 0 Å². The molecule has 1 aromatic rings.